The molecule has 2 aromatic rings. The second-order valence-electron chi connectivity index (χ2n) is 5.17. The van der Waals surface area contributed by atoms with Crippen molar-refractivity contribution in [3.8, 4) is 5.88 Å². The molecule has 0 amide bonds. The molecule has 0 unspecified atom stereocenters. The number of ether oxygens (including phenoxy) is 1. The molecule has 1 aliphatic rings. The van der Waals surface area contributed by atoms with E-state index in [2.05, 4.69) is 15.0 Å². The van der Waals surface area contributed by atoms with Gasteiger partial charge >= 0.3 is 5.69 Å². The third kappa shape index (κ3) is 2.82. The maximum atomic E-state index is 11.9. The van der Waals surface area contributed by atoms with E-state index >= 15 is 0 Å². The van der Waals surface area contributed by atoms with Crippen molar-refractivity contribution in [2.45, 2.75) is 19.5 Å². The van der Waals surface area contributed by atoms with Crippen molar-refractivity contribution in [1.82, 2.24) is 24.2 Å². The normalized spacial score (nSPS) is 15.5. The zero-order valence-electron chi connectivity index (χ0n) is 12.3. The van der Waals surface area contributed by atoms with Gasteiger partial charge in [-0.15, -0.1) is 0 Å². The Hall–Kier alpha value is -2.15. The van der Waals surface area contributed by atoms with Gasteiger partial charge in [-0.3, -0.25) is 9.47 Å². The third-order valence-electron chi connectivity index (χ3n) is 3.75. The van der Waals surface area contributed by atoms with Gasteiger partial charge in [0.05, 0.1) is 12.8 Å². The first-order valence-electron chi connectivity index (χ1n) is 7.02. The molecule has 3 rings (SSSR count). The maximum absolute atomic E-state index is 11.9. The van der Waals surface area contributed by atoms with Crippen LogP contribution < -0.4 is 10.4 Å². The number of pyridine rings is 1. The largest absolute Gasteiger partial charge is 0.481 e. The number of rotatable bonds is 3. The average Bonchev–Trinajstić information content (AvgIpc) is 2.65. The monoisotopic (exact) mass is 289 g/mol. The molecule has 0 aliphatic carbocycles. The Bertz CT molecular complexity index is 691. The Kier molecular flexibility index (Phi) is 3.74. The number of methoxy groups -OCH3 is 1. The highest BCUT2D eigenvalue weighted by molar-refractivity contribution is 5.15. The van der Waals surface area contributed by atoms with E-state index in [1.54, 1.807) is 18.7 Å². The topological polar surface area (TPSA) is 65.2 Å². The number of aryl methyl sites for hydroxylation is 1. The van der Waals surface area contributed by atoms with Crippen LogP contribution >= 0.6 is 0 Å². The van der Waals surface area contributed by atoms with Gasteiger partial charge in [-0.25, -0.2) is 14.5 Å². The van der Waals surface area contributed by atoms with Gasteiger partial charge in [0.15, 0.2) is 0 Å². The lowest BCUT2D eigenvalue weighted by Gasteiger charge is -2.19. The van der Waals surface area contributed by atoms with Gasteiger partial charge in [0.1, 0.15) is 5.82 Å². The number of hydrogen-bond acceptors (Lipinski definition) is 5. The molecule has 3 heterocycles. The number of nitrogens with zero attached hydrogens (tertiary/aromatic N) is 5. The van der Waals surface area contributed by atoms with E-state index < -0.39 is 0 Å². The SMILES string of the molecule is COc1cccc(CN2CCc3nn(C)c(=O)n3CC2)n1. The molecule has 0 fully saturated rings. The van der Waals surface area contributed by atoms with Crippen LogP contribution in [0.3, 0.4) is 0 Å². The third-order valence-corrected chi connectivity index (χ3v) is 3.75. The quantitative estimate of drug-likeness (QED) is 0.798. The first kappa shape index (κ1) is 13.8. The molecule has 0 aromatic carbocycles. The standard InChI is InChI=1S/C14H19N5O2/c1-17-14(20)19-9-8-18(7-6-12(19)16-17)10-11-4-3-5-13(15-11)21-2/h3-5H,6-10H2,1-2H3. The molecule has 0 atom stereocenters. The molecule has 0 saturated heterocycles. The lowest BCUT2D eigenvalue weighted by molar-refractivity contribution is 0.265. The Morgan fingerprint density at radius 1 is 1.29 bits per heavy atom. The van der Waals surface area contributed by atoms with E-state index in [1.807, 2.05) is 18.2 Å². The Morgan fingerprint density at radius 2 is 2.14 bits per heavy atom. The molecule has 0 N–H and O–H groups in total. The van der Waals surface area contributed by atoms with Crippen LogP contribution in [-0.2, 0) is 26.6 Å². The van der Waals surface area contributed by atoms with Crippen LogP contribution in [0.4, 0.5) is 0 Å². The van der Waals surface area contributed by atoms with Crippen LogP contribution in [-0.4, -0.2) is 44.4 Å². The molecule has 0 spiro atoms. The predicted octanol–water partition coefficient (Wildman–Crippen LogP) is 0.0437. The fourth-order valence-corrected chi connectivity index (χ4v) is 2.62. The zero-order valence-corrected chi connectivity index (χ0v) is 12.3. The number of hydrogen-bond donors (Lipinski definition) is 0. The highest BCUT2D eigenvalue weighted by Gasteiger charge is 2.18. The van der Waals surface area contributed by atoms with Gasteiger partial charge in [0.25, 0.3) is 0 Å². The van der Waals surface area contributed by atoms with Crippen LogP contribution in [0.2, 0.25) is 0 Å². The summed E-state index contributed by atoms with van der Waals surface area (Å²) in [6.45, 7) is 3.11. The van der Waals surface area contributed by atoms with Crippen molar-refractivity contribution >= 4 is 0 Å². The van der Waals surface area contributed by atoms with Gasteiger partial charge in [-0.1, -0.05) is 6.07 Å². The Balaban J connectivity index is 1.71. The van der Waals surface area contributed by atoms with Crippen molar-refractivity contribution in [2.24, 2.45) is 7.05 Å². The predicted molar refractivity (Wildman–Crippen MR) is 77.2 cm³/mol. The van der Waals surface area contributed by atoms with Crippen LogP contribution in [0.15, 0.2) is 23.0 Å². The minimum absolute atomic E-state index is 0.0358. The van der Waals surface area contributed by atoms with Crippen molar-refractivity contribution in [2.75, 3.05) is 20.2 Å². The second-order valence-corrected chi connectivity index (χ2v) is 5.17. The smallest absolute Gasteiger partial charge is 0.345 e. The van der Waals surface area contributed by atoms with E-state index in [0.29, 0.717) is 12.4 Å². The molecule has 112 valence electrons. The summed E-state index contributed by atoms with van der Waals surface area (Å²) in [6, 6.07) is 5.77. The number of aromatic nitrogens is 4. The van der Waals surface area contributed by atoms with E-state index in [1.165, 1.54) is 4.68 Å². The minimum Gasteiger partial charge on any atom is -0.481 e. The molecular weight excluding hydrogens is 270 g/mol. The van der Waals surface area contributed by atoms with Gasteiger partial charge in [0.2, 0.25) is 5.88 Å². The van der Waals surface area contributed by atoms with Crippen LogP contribution in [0, 0.1) is 0 Å². The van der Waals surface area contributed by atoms with Crippen LogP contribution in [0.1, 0.15) is 11.5 Å². The van der Waals surface area contributed by atoms with Crippen LogP contribution in [0.25, 0.3) is 0 Å². The summed E-state index contributed by atoms with van der Waals surface area (Å²) in [5.41, 5.74) is 0.938. The van der Waals surface area contributed by atoms with Crippen molar-refractivity contribution < 1.29 is 4.74 Å². The first-order chi connectivity index (χ1) is 10.2. The number of fused-ring (bicyclic) bond motifs is 1. The van der Waals surface area contributed by atoms with Crippen molar-refractivity contribution in [3.05, 3.63) is 40.2 Å². The van der Waals surface area contributed by atoms with Gasteiger partial charge in [-0.2, -0.15) is 5.10 Å². The van der Waals surface area contributed by atoms with Crippen molar-refractivity contribution in [1.29, 1.82) is 0 Å². The summed E-state index contributed by atoms with van der Waals surface area (Å²) in [5.74, 6) is 1.49. The molecule has 0 bridgehead atoms. The summed E-state index contributed by atoms with van der Waals surface area (Å²) in [5, 5.41) is 4.28. The van der Waals surface area contributed by atoms with Gasteiger partial charge in [0, 0.05) is 45.7 Å². The summed E-state index contributed by atoms with van der Waals surface area (Å²) >= 11 is 0. The molecule has 7 nitrogen and oxygen atoms in total. The molecule has 2 aromatic heterocycles. The summed E-state index contributed by atoms with van der Waals surface area (Å²) in [4.78, 5) is 18.7. The van der Waals surface area contributed by atoms with Crippen LogP contribution in [0.5, 0.6) is 5.88 Å². The van der Waals surface area contributed by atoms with E-state index in [-0.39, 0.29) is 5.69 Å². The highest BCUT2D eigenvalue weighted by atomic mass is 16.5. The lowest BCUT2D eigenvalue weighted by atomic mass is 10.3. The van der Waals surface area contributed by atoms with E-state index in [4.69, 9.17) is 4.74 Å². The first-order valence-corrected chi connectivity index (χ1v) is 7.02. The van der Waals surface area contributed by atoms with Gasteiger partial charge < -0.3 is 4.74 Å². The Morgan fingerprint density at radius 3 is 2.95 bits per heavy atom. The molecule has 0 radical (unpaired) electrons. The fourth-order valence-electron chi connectivity index (χ4n) is 2.62. The molecule has 1 aliphatic heterocycles. The Labute approximate surface area is 122 Å². The summed E-state index contributed by atoms with van der Waals surface area (Å²) in [6.07, 6.45) is 0.778. The summed E-state index contributed by atoms with van der Waals surface area (Å²) < 4.78 is 8.32. The molecule has 7 heteroatoms. The van der Waals surface area contributed by atoms with E-state index in [0.717, 1.165) is 37.6 Å². The van der Waals surface area contributed by atoms with Crippen molar-refractivity contribution in [3.63, 3.8) is 0 Å². The minimum atomic E-state index is -0.0358. The second kappa shape index (κ2) is 5.69. The van der Waals surface area contributed by atoms with E-state index in [9.17, 15) is 4.79 Å². The lowest BCUT2D eigenvalue weighted by Crippen LogP contribution is -2.30. The molecule has 21 heavy (non-hydrogen) atoms. The fraction of sp³-hybridized carbons (Fsp3) is 0.500. The molecule has 0 saturated carbocycles. The highest BCUT2D eigenvalue weighted by Crippen LogP contribution is 2.11. The van der Waals surface area contributed by atoms with Gasteiger partial charge in [-0.05, 0) is 6.07 Å². The average molecular weight is 289 g/mol. The maximum Gasteiger partial charge on any atom is 0.345 e. The molecular formula is C14H19N5O2. The zero-order chi connectivity index (χ0) is 14.8. The summed E-state index contributed by atoms with van der Waals surface area (Å²) in [7, 11) is 3.31.